The topological polar surface area (TPSA) is 116 Å². The summed E-state index contributed by atoms with van der Waals surface area (Å²) in [5.41, 5.74) is 0.364. The van der Waals surface area contributed by atoms with Gasteiger partial charge in [0.05, 0.1) is 18.5 Å². The van der Waals surface area contributed by atoms with Gasteiger partial charge in [0.15, 0.2) is 0 Å². The lowest BCUT2D eigenvalue weighted by molar-refractivity contribution is -0.384. The van der Waals surface area contributed by atoms with Crippen molar-refractivity contribution in [1.82, 2.24) is 5.32 Å². The summed E-state index contributed by atoms with van der Waals surface area (Å²) in [7, 11) is 1.23. The molecule has 1 aromatic rings. The number of ether oxygens (including phenoxy) is 1. The normalized spacial score (nSPS) is 18.3. The van der Waals surface area contributed by atoms with Crippen molar-refractivity contribution in [3.8, 4) is 0 Å². The van der Waals surface area contributed by atoms with Crippen LogP contribution in [0.15, 0.2) is 24.3 Å². The van der Waals surface area contributed by atoms with Crippen LogP contribution < -0.4 is 5.32 Å². The molecule has 2 rings (SSSR count). The number of nitrogens with one attached hydrogen (secondary N) is 1. The number of nitrogens with zero attached hydrogens (tertiary/aromatic N) is 1. The highest BCUT2D eigenvalue weighted by Crippen LogP contribution is 2.25. The van der Waals surface area contributed by atoms with Gasteiger partial charge < -0.3 is 10.1 Å². The molecule has 0 aliphatic heterocycles. The number of esters is 1. The SMILES string of the molecule is COC(=O)[C@H](NC(=O)Cc1cccc([N+](=O)[O-])c1)[C@@H]1CCCC(=O)C1. The third kappa shape index (κ3) is 5.10. The molecule has 8 heteroatoms. The van der Waals surface area contributed by atoms with E-state index in [-0.39, 0.29) is 30.2 Å². The summed E-state index contributed by atoms with van der Waals surface area (Å²) < 4.78 is 4.75. The highest BCUT2D eigenvalue weighted by molar-refractivity contribution is 5.87. The molecule has 0 aromatic heterocycles. The van der Waals surface area contributed by atoms with E-state index in [0.717, 1.165) is 0 Å². The van der Waals surface area contributed by atoms with Gasteiger partial charge in [0.25, 0.3) is 5.69 Å². The smallest absolute Gasteiger partial charge is 0.328 e. The fourth-order valence-corrected chi connectivity index (χ4v) is 3.03. The van der Waals surface area contributed by atoms with E-state index in [1.165, 1.54) is 25.3 Å². The number of nitro groups is 1. The molecule has 0 bridgehead atoms. The summed E-state index contributed by atoms with van der Waals surface area (Å²) in [6.45, 7) is 0. The van der Waals surface area contributed by atoms with Crippen molar-refractivity contribution in [2.75, 3.05) is 7.11 Å². The maximum atomic E-state index is 12.3. The average molecular weight is 348 g/mol. The maximum absolute atomic E-state index is 12.3. The molecule has 1 amide bonds. The molecule has 1 aliphatic carbocycles. The highest BCUT2D eigenvalue weighted by atomic mass is 16.6. The van der Waals surface area contributed by atoms with Gasteiger partial charge in [-0.15, -0.1) is 0 Å². The Kier molecular flexibility index (Phi) is 6.21. The molecule has 1 N–H and O–H groups in total. The number of amides is 1. The average Bonchev–Trinajstić information content (AvgIpc) is 2.59. The molecule has 0 saturated heterocycles. The van der Waals surface area contributed by atoms with Crippen LogP contribution in [0.1, 0.15) is 31.2 Å². The van der Waals surface area contributed by atoms with E-state index >= 15 is 0 Å². The number of benzene rings is 1. The van der Waals surface area contributed by atoms with Crippen LogP contribution in [0, 0.1) is 16.0 Å². The second-order valence-corrected chi connectivity index (χ2v) is 6.07. The summed E-state index contributed by atoms with van der Waals surface area (Å²) in [6.07, 6.45) is 1.96. The first-order chi connectivity index (χ1) is 11.9. The Hall–Kier alpha value is -2.77. The molecule has 134 valence electrons. The molecule has 1 aromatic carbocycles. The maximum Gasteiger partial charge on any atom is 0.328 e. The lowest BCUT2D eigenvalue weighted by Crippen LogP contribution is -2.48. The third-order valence-corrected chi connectivity index (χ3v) is 4.25. The van der Waals surface area contributed by atoms with Crippen LogP contribution in [0.3, 0.4) is 0 Å². The van der Waals surface area contributed by atoms with E-state index in [4.69, 9.17) is 4.74 Å². The van der Waals surface area contributed by atoms with E-state index in [9.17, 15) is 24.5 Å². The molecule has 25 heavy (non-hydrogen) atoms. The van der Waals surface area contributed by atoms with Crippen molar-refractivity contribution >= 4 is 23.3 Å². The van der Waals surface area contributed by atoms with E-state index < -0.39 is 22.8 Å². The number of carbonyl (C=O) groups is 3. The minimum atomic E-state index is -0.888. The fraction of sp³-hybridized carbons (Fsp3) is 0.471. The minimum absolute atomic E-state index is 0.0677. The Morgan fingerprint density at radius 3 is 2.84 bits per heavy atom. The summed E-state index contributed by atoms with van der Waals surface area (Å²) in [5, 5.41) is 13.4. The van der Waals surface area contributed by atoms with Crippen LogP contribution in [0.4, 0.5) is 5.69 Å². The Balaban J connectivity index is 2.06. The van der Waals surface area contributed by atoms with Crippen molar-refractivity contribution < 1.29 is 24.0 Å². The lowest BCUT2D eigenvalue weighted by atomic mass is 9.83. The minimum Gasteiger partial charge on any atom is -0.467 e. The third-order valence-electron chi connectivity index (χ3n) is 4.25. The Morgan fingerprint density at radius 2 is 2.20 bits per heavy atom. The second-order valence-electron chi connectivity index (χ2n) is 6.07. The first kappa shape index (κ1) is 18.6. The first-order valence-corrected chi connectivity index (χ1v) is 8.03. The molecule has 0 heterocycles. The van der Waals surface area contributed by atoms with E-state index in [2.05, 4.69) is 5.32 Å². The number of hydrogen-bond donors (Lipinski definition) is 1. The Morgan fingerprint density at radius 1 is 1.44 bits per heavy atom. The molecule has 0 radical (unpaired) electrons. The van der Waals surface area contributed by atoms with Crippen LogP contribution in [-0.4, -0.2) is 35.7 Å². The number of methoxy groups -OCH3 is 1. The number of hydrogen-bond acceptors (Lipinski definition) is 6. The Labute approximate surface area is 144 Å². The summed E-state index contributed by atoms with van der Waals surface area (Å²) in [5.74, 6) is -1.26. The standard InChI is InChI=1S/C17H20N2O6/c1-25-17(22)16(12-5-3-7-14(20)10-12)18-15(21)9-11-4-2-6-13(8-11)19(23)24/h2,4,6,8,12,16H,3,5,7,9-10H2,1H3,(H,18,21)/t12-,16-/m1/s1. The van der Waals surface area contributed by atoms with Gasteiger partial charge >= 0.3 is 5.97 Å². The van der Waals surface area contributed by atoms with Gasteiger partial charge in [-0.25, -0.2) is 4.79 Å². The van der Waals surface area contributed by atoms with Crippen LogP contribution in [0.2, 0.25) is 0 Å². The van der Waals surface area contributed by atoms with E-state index in [1.54, 1.807) is 6.07 Å². The molecule has 1 fully saturated rings. The zero-order valence-electron chi connectivity index (χ0n) is 13.9. The van der Waals surface area contributed by atoms with E-state index in [1.807, 2.05) is 0 Å². The number of rotatable bonds is 6. The van der Waals surface area contributed by atoms with Crippen molar-refractivity contribution in [2.45, 2.75) is 38.1 Å². The predicted octanol–water partition coefficient (Wildman–Crippen LogP) is 1.55. The molecular formula is C17H20N2O6. The van der Waals surface area contributed by atoms with E-state index in [0.29, 0.717) is 24.8 Å². The van der Waals surface area contributed by atoms with Crippen molar-refractivity contribution in [3.05, 3.63) is 39.9 Å². The van der Waals surface area contributed by atoms with Crippen LogP contribution in [0.5, 0.6) is 0 Å². The van der Waals surface area contributed by atoms with Crippen molar-refractivity contribution in [2.24, 2.45) is 5.92 Å². The second kappa shape index (κ2) is 8.36. The molecule has 1 saturated carbocycles. The predicted molar refractivity (Wildman–Crippen MR) is 87.7 cm³/mol. The van der Waals surface area contributed by atoms with Gasteiger partial charge in [0.1, 0.15) is 11.8 Å². The zero-order valence-corrected chi connectivity index (χ0v) is 13.9. The molecule has 0 spiro atoms. The number of nitro benzene ring substituents is 1. The first-order valence-electron chi connectivity index (χ1n) is 8.03. The largest absolute Gasteiger partial charge is 0.467 e. The number of Topliss-reactive ketones (excluding diaryl/α,β-unsaturated/α-hetero) is 1. The van der Waals surface area contributed by atoms with Crippen LogP contribution >= 0.6 is 0 Å². The van der Waals surface area contributed by atoms with Gasteiger partial charge in [0, 0.05) is 25.0 Å². The zero-order chi connectivity index (χ0) is 18.4. The van der Waals surface area contributed by atoms with Crippen molar-refractivity contribution in [3.63, 3.8) is 0 Å². The lowest BCUT2D eigenvalue weighted by Gasteiger charge is -2.28. The summed E-state index contributed by atoms with van der Waals surface area (Å²) >= 11 is 0. The number of ketones is 1. The van der Waals surface area contributed by atoms with Crippen molar-refractivity contribution in [1.29, 1.82) is 0 Å². The molecule has 8 nitrogen and oxygen atoms in total. The van der Waals surface area contributed by atoms with Crippen LogP contribution in [0.25, 0.3) is 0 Å². The number of carbonyl (C=O) groups excluding carboxylic acids is 3. The van der Waals surface area contributed by atoms with Gasteiger partial charge in [-0.05, 0) is 24.3 Å². The van der Waals surface area contributed by atoms with Crippen LogP contribution in [-0.2, 0) is 25.5 Å². The fourth-order valence-electron chi connectivity index (χ4n) is 3.03. The quantitative estimate of drug-likeness (QED) is 0.474. The molecule has 1 aliphatic rings. The monoisotopic (exact) mass is 348 g/mol. The molecule has 0 unspecified atom stereocenters. The highest BCUT2D eigenvalue weighted by Gasteiger charge is 2.34. The number of non-ortho nitro benzene ring substituents is 1. The Bertz CT molecular complexity index is 687. The van der Waals surface area contributed by atoms with Gasteiger partial charge in [-0.2, -0.15) is 0 Å². The van der Waals surface area contributed by atoms with Gasteiger partial charge in [-0.3, -0.25) is 19.7 Å². The molecule has 2 atom stereocenters. The van der Waals surface area contributed by atoms with Gasteiger partial charge in [0.2, 0.25) is 5.91 Å². The van der Waals surface area contributed by atoms with Gasteiger partial charge in [-0.1, -0.05) is 12.1 Å². The summed E-state index contributed by atoms with van der Waals surface area (Å²) in [6, 6.07) is 4.87. The summed E-state index contributed by atoms with van der Waals surface area (Å²) in [4.78, 5) is 46.2. The molecular weight excluding hydrogens is 328 g/mol.